The molecule has 9 aromatic rings. The predicted octanol–water partition coefficient (Wildman–Crippen LogP) is 15.5. The van der Waals surface area contributed by atoms with Crippen LogP contribution in [-0.2, 0) is 5.41 Å². The first-order chi connectivity index (χ1) is 27.5. The predicted molar refractivity (Wildman–Crippen MR) is 243 cm³/mol. The van der Waals surface area contributed by atoms with Crippen LogP contribution in [0.25, 0.3) is 85.9 Å². The summed E-state index contributed by atoms with van der Waals surface area (Å²) in [6.07, 6.45) is 12.9. The van der Waals surface area contributed by atoms with Gasteiger partial charge < -0.3 is 0 Å². The van der Waals surface area contributed by atoms with E-state index in [1.165, 1.54) is 114 Å². The van der Waals surface area contributed by atoms with Crippen molar-refractivity contribution in [3.05, 3.63) is 204 Å². The normalized spacial score (nSPS) is 16.9. The Hall–Kier alpha value is -6.28. The minimum Gasteiger partial charge on any atom is -0.135 e. The molecule has 3 aliphatic carbocycles. The van der Waals surface area contributed by atoms with Crippen LogP contribution in [0.1, 0.15) is 42.5 Å². The second-order valence-electron chi connectivity index (χ2n) is 16.4. The summed E-state index contributed by atoms with van der Waals surface area (Å²) in [5.41, 5.74) is 14.8. The van der Waals surface area contributed by atoms with E-state index in [0.29, 0.717) is 5.92 Å². The van der Waals surface area contributed by atoms with Crippen LogP contribution in [0.4, 0.5) is 0 Å². The van der Waals surface area contributed by atoms with Gasteiger partial charge in [0.15, 0.2) is 0 Å². The van der Waals surface area contributed by atoms with E-state index in [2.05, 4.69) is 190 Å². The molecule has 0 fully saturated rings. The van der Waals surface area contributed by atoms with Crippen molar-refractivity contribution in [3.63, 3.8) is 0 Å². The van der Waals surface area contributed by atoms with E-state index in [4.69, 9.17) is 0 Å². The average molecular weight is 731 g/mol. The van der Waals surface area contributed by atoms with Crippen molar-refractivity contribution in [2.75, 3.05) is 0 Å². The van der Waals surface area contributed by atoms with Crippen LogP contribution in [0, 0.1) is 5.92 Å². The zero-order chi connectivity index (χ0) is 37.1. The van der Waals surface area contributed by atoms with E-state index in [9.17, 15) is 0 Å². The zero-order valence-corrected chi connectivity index (χ0v) is 32.3. The highest BCUT2D eigenvalue weighted by atomic mass is 32.1. The molecule has 0 N–H and O–H groups in total. The van der Waals surface area contributed by atoms with Gasteiger partial charge in [0.05, 0.1) is 0 Å². The van der Waals surface area contributed by atoms with Crippen LogP contribution in [0.2, 0.25) is 0 Å². The van der Waals surface area contributed by atoms with E-state index in [-0.39, 0.29) is 5.41 Å². The number of hydrogen-bond donors (Lipinski definition) is 0. The molecule has 0 radical (unpaired) electrons. The number of allylic oxidation sites excluding steroid dienone is 8. The van der Waals surface area contributed by atoms with Crippen LogP contribution in [0.3, 0.4) is 0 Å². The van der Waals surface area contributed by atoms with Gasteiger partial charge in [-0.3, -0.25) is 0 Å². The van der Waals surface area contributed by atoms with Crippen molar-refractivity contribution in [1.82, 2.24) is 0 Å². The lowest BCUT2D eigenvalue weighted by Gasteiger charge is -2.27. The van der Waals surface area contributed by atoms with E-state index >= 15 is 0 Å². The van der Waals surface area contributed by atoms with E-state index in [1.54, 1.807) is 0 Å². The molecule has 8 aromatic carbocycles. The number of hydrogen-bond acceptors (Lipinski definition) is 1. The lowest BCUT2D eigenvalue weighted by molar-refractivity contribution is 0.666. The second-order valence-corrected chi connectivity index (χ2v) is 17.5. The summed E-state index contributed by atoms with van der Waals surface area (Å²) in [4.78, 5) is 0. The molecular weight excluding hydrogens is 693 g/mol. The van der Waals surface area contributed by atoms with Crippen LogP contribution in [0.15, 0.2) is 182 Å². The lowest BCUT2D eigenvalue weighted by Crippen LogP contribution is -2.15. The van der Waals surface area contributed by atoms with Gasteiger partial charge in [0.25, 0.3) is 0 Å². The molecule has 0 saturated carbocycles. The summed E-state index contributed by atoms with van der Waals surface area (Å²) in [6, 6.07) is 54.8. The Morgan fingerprint density at radius 1 is 0.536 bits per heavy atom. The molecule has 0 saturated heterocycles. The van der Waals surface area contributed by atoms with E-state index < -0.39 is 0 Å². The molecule has 0 amide bonds. The third kappa shape index (κ3) is 4.59. The SMILES string of the molecule is CC1(C)c2ccc(-c3c4ccccc4c(C4=CC=C5C=C(c6ccccc6)C=CC5C4)c4ccccc34)cc2-c2ccc3cc4c(cc3c21)sc1ccccc14. The molecule has 0 aliphatic heterocycles. The molecule has 1 unspecified atom stereocenters. The molecule has 1 heteroatoms. The lowest BCUT2D eigenvalue weighted by atomic mass is 9.77. The highest BCUT2D eigenvalue weighted by Crippen LogP contribution is 2.54. The Morgan fingerprint density at radius 3 is 2.00 bits per heavy atom. The maximum absolute atomic E-state index is 2.50. The molecular formula is C55H38S. The highest BCUT2D eigenvalue weighted by molar-refractivity contribution is 7.25. The summed E-state index contributed by atoms with van der Waals surface area (Å²) in [5.74, 6) is 0.367. The van der Waals surface area contributed by atoms with Crippen molar-refractivity contribution in [2.45, 2.75) is 25.7 Å². The monoisotopic (exact) mass is 730 g/mol. The van der Waals surface area contributed by atoms with E-state index in [0.717, 1.165) is 6.42 Å². The maximum Gasteiger partial charge on any atom is 0.0361 e. The minimum absolute atomic E-state index is 0.120. The fraction of sp³-hybridized carbons (Fsp3) is 0.0909. The standard InChI is InChI=1S/C55H38S/c1-55(2)49-27-25-39(31-47(49)45-26-24-37-30-48-40-14-10-11-19-50(40)56-51(48)32-46(37)54(45)55)53-43-17-8-6-15-41(43)52(42-16-7-9-18-44(42)53)38-23-22-35-28-34(20-21-36(35)29-38)33-12-4-3-5-13-33/h3-28,30-32,36H,29H2,1-2H3. The second kappa shape index (κ2) is 11.9. The van der Waals surface area contributed by atoms with Crippen molar-refractivity contribution in [2.24, 2.45) is 5.92 Å². The molecule has 264 valence electrons. The summed E-state index contributed by atoms with van der Waals surface area (Å²) < 4.78 is 2.72. The van der Waals surface area contributed by atoms with Gasteiger partial charge in [-0.15, -0.1) is 11.3 Å². The van der Waals surface area contributed by atoms with Gasteiger partial charge in [0.1, 0.15) is 0 Å². The van der Waals surface area contributed by atoms with Gasteiger partial charge in [-0.05, 0) is 124 Å². The molecule has 1 aromatic heterocycles. The van der Waals surface area contributed by atoms with Gasteiger partial charge in [-0.25, -0.2) is 0 Å². The average Bonchev–Trinajstić information content (AvgIpc) is 3.72. The van der Waals surface area contributed by atoms with Crippen LogP contribution < -0.4 is 0 Å². The molecule has 56 heavy (non-hydrogen) atoms. The van der Waals surface area contributed by atoms with Crippen molar-refractivity contribution in [3.8, 4) is 22.3 Å². The molecule has 12 rings (SSSR count). The number of rotatable bonds is 3. The fourth-order valence-electron chi connectivity index (χ4n) is 10.4. The summed E-state index contributed by atoms with van der Waals surface area (Å²) in [6.45, 7) is 4.84. The summed E-state index contributed by atoms with van der Waals surface area (Å²) >= 11 is 1.91. The quantitative estimate of drug-likeness (QED) is 0.159. The first-order valence-electron chi connectivity index (χ1n) is 19.8. The third-order valence-electron chi connectivity index (χ3n) is 12.9. The van der Waals surface area contributed by atoms with Gasteiger partial charge in [0.2, 0.25) is 0 Å². The maximum atomic E-state index is 2.50. The number of fused-ring (bicyclic) bond motifs is 11. The van der Waals surface area contributed by atoms with E-state index in [1.807, 2.05) is 11.3 Å². The number of benzene rings is 8. The Morgan fingerprint density at radius 2 is 1.23 bits per heavy atom. The first kappa shape index (κ1) is 32.0. The molecule has 3 aliphatic rings. The van der Waals surface area contributed by atoms with Crippen LogP contribution in [0.5, 0.6) is 0 Å². The molecule has 0 bridgehead atoms. The zero-order valence-electron chi connectivity index (χ0n) is 31.4. The molecule has 0 spiro atoms. The summed E-state index contributed by atoms with van der Waals surface area (Å²) in [5, 5.41) is 10.7. The molecule has 1 atom stereocenters. The third-order valence-corrected chi connectivity index (χ3v) is 14.1. The topological polar surface area (TPSA) is 0 Å². The Labute approximate surface area is 331 Å². The molecule has 1 heterocycles. The van der Waals surface area contributed by atoms with Gasteiger partial charge in [-0.1, -0.05) is 166 Å². The Kier molecular flexibility index (Phi) is 6.78. The Balaban J connectivity index is 1.02. The first-order valence-corrected chi connectivity index (χ1v) is 20.7. The van der Waals surface area contributed by atoms with Crippen molar-refractivity contribution < 1.29 is 0 Å². The van der Waals surface area contributed by atoms with Crippen molar-refractivity contribution >= 4 is 75.0 Å². The number of thiophene rings is 1. The highest BCUT2D eigenvalue weighted by Gasteiger charge is 2.37. The van der Waals surface area contributed by atoms with Gasteiger partial charge >= 0.3 is 0 Å². The van der Waals surface area contributed by atoms with Crippen LogP contribution >= 0.6 is 11.3 Å². The molecule has 0 nitrogen and oxygen atoms in total. The van der Waals surface area contributed by atoms with Gasteiger partial charge in [0, 0.05) is 31.5 Å². The Bertz CT molecular complexity index is 3230. The summed E-state index contributed by atoms with van der Waals surface area (Å²) in [7, 11) is 0. The van der Waals surface area contributed by atoms with Crippen molar-refractivity contribution in [1.29, 1.82) is 0 Å². The smallest absolute Gasteiger partial charge is 0.0361 e. The largest absolute Gasteiger partial charge is 0.135 e. The minimum atomic E-state index is -0.120. The fourth-order valence-corrected chi connectivity index (χ4v) is 11.5. The van der Waals surface area contributed by atoms with Gasteiger partial charge in [-0.2, -0.15) is 0 Å². The van der Waals surface area contributed by atoms with Crippen LogP contribution in [-0.4, -0.2) is 0 Å².